The Kier molecular flexibility index (Phi) is 4.63. The van der Waals surface area contributed by atoms with Gasteiger partial charge in [0.05, 0.1) is 18.5 Å². The molecule has 0 aliphatic rings. The first-order chi connectivity index (χ1) is 8.20. The zero-order valence-corrected chi connectivity index (χ0v) is 10.6. The van der Waals surface area contributed by atoms with Gasteiger partial charge in [0.1, 0.15) is 0 Å². The van der Waals surface area contributed by atoms with Crippen molar-refractivity contribution in [3.8, 4) is 0 Å². The second kappa shape index (κ2) is 5.98. The number of aromatic nitrogens is 3. The van der Waals surface area contributed by atoms with Crippen molar-refractivity contribution in [3.05, 3.63) is 29.7 Å². The van der Waals surface area contributed by atoms with Gasteiger partial charge >= 0.3 is 5.97 Å². The topological polar surface area (TPSA) is 56.5 Å². The lowest BCUT2D eigenvalue weighted by Crippen LogP contribution is -2.04. The Hall–Kier alpha value is -1.91. The summed E-state index contributed by atoms with van der Waals surface area (Å²) in [6.45, 7) is 7.98. The molecule has 0 N–H and O–H groups in total. The number of hydrogen-bond donors (Lipinski definition) is 0. The Morgan fingerprint density at radius 2 is 2.12 bits per heavy atom. The fourth-order valence-corrected chi connectivity index (χ4v) is 1.28. The van der Waals surface area contributed by atoms with E-state index in [0.29, 0.717) is 12.3 Å². The molecular weight excluding hydrogens is 218 g/mol. The Bertz CT molecular complexity index is 505. The van der Waals surface area contributed by atoms with Gasteiger partial charge in [0, 0.05) is 0 Å². The zero-order valence-electron chi connectivity index (χ0n) is 10.6. The van der Waals surface area contributed by atoms with Crippen molar-refractivity contribution in [3.63, 3.8) is 0 Å². The molecule has 5 heteroatoms. The first-order valence-corrected chi connectivity index (χ1v) is 5.71. The van der Waals surface area contributed by atoms with Gasteiger partial charge in [-0.1, -0.05) is 13.8 Å². The third-order valence-corrected chi connectivity index (χ3v) is 1.94. The molecule has 0 aliphatic carbocycles. The predicted molar refractivity (Wildman–Crippen MR) is 65.0 cm³/mol. The van der Waals surface area contributed by atoms with E-state index in [9.17, 15) is 4.79 Å². The molecule has 5 nitrogen and oxygen atoms in total. The van der Waals surface area contributed by atoms with Gasteiger partial charge in [0.2, 0.25) is 0 Å². The minimum absolute atomic E-state index is 0.287. The van der Waals surface area contributed by atoms with Crippen LogP contribution in [0.1, 0.15) is 37.0 Å². The molecule has 2 rings (SSSR count). The number of esters is 1. The minimum atomic E-state index is -0.416. The minimum Gasteiger partial charge on any atom is -0.461 e. The molecule has 17 heavy (non-hydrogen) atoms. The third kappa shape index (κ3) is 3.03. The van der Waals surface area contributed by atoms with Gasteiger partial charge in [-0.3, -0.25) is 0 Å². The lowest BCUT2D eigenvalue weighted by Gasteiger charge is -1.94. The molecule has 0 unspecified atom stereocenters. The van der Waals surface area contributed by atoms with Crippen LogP contribution < -0.4 is 0 Å². The lowest BCUT2D eigenvalue weighted by atomic mass is 10.4. The van der Waals surface area contributed by atoms with Gasteiger partial charge in [-0.25, -0.2) is 14.3 Å². The molecule has 2 heterocycles. The van der Waals surface area contributed by atoms with Gasteiger partial charge in [0.25, 0.3) is 0 Å². The number of carbonyl (C=O) groups excluding carboxylic acids is 1. The van der Waals surface area contributed by atoms with Crippen LogP contribution in [0.5, 0.6) is 0 Å². The molecule has 0 aromatic carbocycles. The van der Waals surface area contributed by atoms with Crippen LogP contribution in [-0.4, -0.2) is 27.2 Å². The standard InChI is InChI=1S/C10H11N3O2.C2H6/c1-3-15-10(14)8-6-13-9(11-8)5-4-7(2)12-13;1-2/h4-6H,3H2,1-2H3;1-2H3. The van der Waals surface area contributed by atoms with Gasteiger partial charge in [0.15, 0.2) is 11.3 Å². The van der Waals surface area contributed by atoms with E-state index < -0.39 is 5.97 Å². The number of nitrogens with zero attached hydrogens (tertiary/aromatic N) is 3. The molecule has 0 spiro atoms. The number of hydrogen-bond acceptors (Lipinski definition) is 4. The number of aryl methyl sites for hydroxylation is 1. The highest BCUT2D eigenvalue weighted by Gasteiger charge is 2.11. The van der Waals surface area contributed by atoms with Crippen molar-refractivity contribution < 1.29 is 9.53 Å². The molecule has 2 aromatic heterocycles. The summed E-state index contributed by atoms with van der Waals surface area (Å²) in [5, 5.41) is 4.19. The maximum Gasteiger partial charge on any atom is 0.358 e. The summed E-state index contributed by atoms with van der Waals surface area (Å²) in [6.07, 6.45) is 1.57. The van der Waals surface area contributed by atoms with Gasteiger partial charge in [-0.05, 0) is 26.0 Å². The molecular formula is C12H17N3O2. The Morgan fingerprint density at radius 3 is 2.76 bits per heavy atom. The van der Waals surface area contributed by atoms with E-state index in [4.69, 9.17) is 4.74 Å². The molecule has 0 fully saturated rings. The second-order valence-corrected chi connectivity index (χ2v) is 3.12. The Balaban J connectivity index is 0.000000686. The van der Waals surface area contributed by atoms with Crippen molar-refractivity contribution >= 4 is 11.6 Å². The van der Waals surface area contributed by atoms with E-state index >= 15 is 0 Å². The largest absolute Gasteiger partial charge is 0.461 e. The number of fused-ring (bicyclic) bond motifs is 1. The van der Waals surface area contributed by atoms with Gasteiger partial charge < -0.3 is 4.74 Å². The summed E-state index contributed by atoms with van der Waals surface area (Å²) in [6, 6.07) is 3.66. The van der Waals surface area contributed by atoms with Gasteiger partial charge in [-0.15, -0.1) is 0 Å². The molecule has 2 aromatic rings. The maximum atomic E-state index is 11.4. The van der Waals surface area contributed by atoms with Crippen LogP contribution in [0.3, 0.4) is 0 Å². The molecule has 0 amide bonds. The number of carbonyl (C=O) groups is 1. The lowest BCUT2D eigenvalue weighted by molar-refractivity contribution is 0.0520. The molecule has 0 bridgehead atoms. The van der Waals surface area contributed by atoms with Crippen LogP contribution in [0.15, 0.2) is 18.3 Å². The average Bonchev–Trinajstić information content (AvgIpc) is 2.75. The van der Waals surface area contributed by atoms with Crippen LogP contribution in [0.4, 0.5) is 0 Å². The monoisotopic (exact) mass is 235 g/mol. The summed E-state index contributed by atoms with van der Waals surface area (Å²) in [5.74, 6) is -0.416. The van der Waals surface area contributed by atoms with E-state index in [1.807, 2.05) is 32.9 Å². The Morgan fingerprint density at radius 1 is 1.41 bits per heavy atom. The van der Waals surface area contributed by atoms with Crippen LogP contribution in [0.2, 0.25) is 0 Å². The molecule has 0 aliphatic heterocycles. The van der Waals surface area contributed by atoms with E-state index in [1.165, 1.54) is 0 Å². The van der Waals surface area contributed by atoms with E-state index in [0.717, 1.165) is 5.69 Å². The van der Waals surface area contributed by atoms with Crippen molar-refractivity contribution in [2.75, 3.05) is 6.61 Å². The first-order valence-electron chi connectivity index (χ1n) is 5.71. The number of rotatable bonds is 2. The average molecular weight is 235 g/mol. The molecule has 0 saturated heterocycles. The number of imidazole rings is 1. The van der Waals surface area contributed by atoms with Crippen LogP contribution in [0.25, 0.3) is 5.65 Å². The summed E-state index contributed by atoms with van der Waals surface area (Å²) in [5.41, 5.74) is 1.80. The summed E-state index contributed by atoms with van der Waals surface area (Å²) in [7, 11) is 0. The predicted octanol–water partition coefficient (Wildman–Crippen LogP) is 2.24. The summed E-state index contributed by atoms with van der Waals surface area (Å²) in [4.78, 5) is 15.5. The van der Waals surface area contributed by atoms with Crippen LogP contribution in [0, 0.1) is 6.92 Å². The SMILES string of the molecule is CC.CCOC(=O)c1cn2nc(C)ccc2n1. The maximum absolute atomic E-state index is 11.4. The van der Waals surface area contributed by atoms with E-state index in [2.05, 4.69) is 10.1 Å². The van der Waals surface area contributed by atoms with Crippen molar-refractivity contribution in [2.24, 2.45) is 0 Å². The summed E-state index contributed by atoms with van der Waals surface area (Å²) >= 11 is 0. The van der Waals surface area contributed by atoms with Gasteiger partial charge in [-0.2, -0.15) is 5.10 Å². The van der Waals surface area contributed by atoms with Crippen molar-refractivity contribution in [1.82, 2.24) is 14.6 Å². The third-order valence-electron chi connectivity index (χ3n) is 1.94. The molecule has 0 saturated carbocycles. The Labute approximate surface area is 100 Å². The summed E-state index contributed by atoms with van der Waals surface area (Å²) < 4.78 is 6.42. The van der Waals surface area contributed by atoms with Crippen LogP contribution in [-0.2, 0) is 4.74 Å². The second-order valence-electron chi connectivity index (χ2n) is 3.12. The first kappa shape index (κ1) is 13.2. The molecule has 0 radical (unpaired) electrons. The smallest absolute Gasteiger partial charge is 0.358 e. The highest BCUT2D eigenvalue weighted by Crippen LogP contribution is 2.05. The quantitative estimate of drug-likeness (QED) is 0.749. The molecule has 0 atom stereocenters. The van der Waals surface area contributed by atoms with Crippen LogP contribution >= 0.6 is 0 Å². The normalized spacial score (nSPS) is 9.65. The van der Waals surface area contributed by atoms with Crippen molar-refractivity contribution in [1.29, 1.82) is 0 Å². The van der Waals surface area contributed by atoms with Crippen molar-refractivity contribution in [2.45, 2.75) is 27.7 Å². The highest BCUT2D eigenvalue weighted by molar-refractivity contribution is 5.87. The van der Waals surface area contributed by atoms with E-state index in [1.54, 1.807) is 17.6 Å². The fraction of sp³-hybridized carbons (Fsp3) is 0.417. The number of ether oxygens (including phenoxy) is 1. The highest BCUT2D eigenvalue weighted by atomic mass is 16.5. The zero-order chi connectivity index (χ0) is 12.8. The molecule has 92 valence electrons. The fourth-order valence-electron chi connectivity index (χ4n) is 1.28. The van der Waals surface area contributed by atoms with E-state index in [-0.39, 0.29) is 5.69 Å².